The molecule has 182 valence electrons. The maximum absolute atomic E-state index is 4.82. The minimum Gasteiger partial charge on any atom is -0.360 e. The predicted molar refractivity (Wildman–Crippen MR) is 138 cm³/mol. The molecule has 0 aliphatic carbocycles. The van der Waals surface area contributed by atoms with E-state index in [-0.39, 0.29) is 0 Å². The van der Waals surface area contributed by atoms with Gasteiger partial charge in [-0.25, -0.2) is 10.5 Å². The van der Waals surface area contributed by atoms with Gasteiger partial charge in [-0.15, -0.1) is 0 Å². The Morgan fingerprint density at radius 3 is 2.13 bits per heavy atom. The molecule has 31 heavy (non-hydrogen) atoms. The minimum absolute atomic E-state index is 0.345. The first kappa shape index (κ1) is 29.6. The Labute approximate surface area is 193 Å². The molecule has 0 rings (SSSR count). The molecule has 0 aromatic rings. The zero-order valence-electron chi connectivity index (χ0n) is 22.2. The van der Waals surface area contributed by atoms with Crippen LogP contribution in [0.25, 0.3) is 0 Å². The molecule has 0 radical (unpaired) electrons. The van der Waals surface area contributed by atoms with Crippen LogP contribution in [0.2, 0.25) is 0 Å². The number of hydrogen-bond donors (Lipinski definition) is 2. The summed E-state index contributed by atoms with van der Waals surface area (Å²) in [5.41, 5.74) is 4.66. The van der Waals surface area contributed by atoms with Crippen LogP contribution < -0.4 is 10.7 Å². The first-order chi connectivity index (χ1) is 14.7. The van der Waals surface area contributed by atoms with E-state index in [2.05, 4.69) is 101 Å². The lowest BCUT2D eigenvalue weighted by Gasteiger charge is -2.39. The number of rotatable bonds is 17. The molecule has 6 heteroatoms. The molecule has 0 aromatic heterocycles. The summed E-state index contributed by atoms with van der Waals surface area (Å²) in [5.74, 6) is 0.698. The van der Waals surface area contributed by atoms with Gasteiger partial charge in [-0.1, -0.05) is 19.1 Å². The number of hydrogen-bond acceptors (Lipinski definition) is 6. The van der Waals surface area contributed by atoms with E-state index in [0.717, 1.165) is 37.9 Å². The monoisotopic (exact) mass is 436 g/mol. The Balaban J connectivity index is 4.82. The maximum atomic E-state index is 4.82. The largest absolute Gasteiger partial charge is 0.360 e. The molecular formula is C25H52N6. The highest BCUT2D eigenvalue weighted by atomic mass is 15.7. The van der Waals surface area contributed by atoms with E-state index in [9.17, 15) is 0 Å². The molecule has 0 spiro atoms. The lowest BCUT2D eigenvalue weighted by molar-refractivity contribution is 0.0821. The number of nitrogens with zero attached hydrogens (tertiary/aromatic N) is 4. The Morgan fingerprint density at radius 2 is 1.61 bits per heavy atom. The summed E-state index contributed by atoms with van der Waals surface area (Å²) in [5, 5.41) is 9.96. The number of hydrazone groups is 1. The maximum Gasteiger partial charge on any atom is 0.0813 e. The first-order valence-electron chi connectivity index (χ1n) is 12.1. The SMILES string of the molecule is C/C=C\C(CCC(C)CCNC)=N/N(C)NC(C)CCC(N(C)C)N(/C=C\C)C(C)C. The van der Waals surface area contributed by atoms with Gasteiger partial charge in [0.25, 0.3) is 0 Å². The molecule has 0 aliphatic rings. The highest BCUT2D eigenvalue weighted by Crippen LogP contribution is 2.16. The second kappa shape index (κ2) is 17.2. The van der Waals surface area contributed by atoms with Crippen LogP contribution in [0.5, 0.6) is 0 Å². The van der Waals surface area contributed by atoms with Gasteiger partial charge >= 0.3 is 0 Å². The molecule has 0 heterocycles. The van der Waals surface area contributed by atoms with Crippen molar-refractivity contribution < 1.29 is 0 Å². The second-order valence-electron chi connectivity index (χ2n) is 9.23. The molecule has 0 aliphatic heterocycles. The second-order valence-corrected chi connectivity index (χ2v) is 9.23. The summed E-state index contributed by atoms with van der Waals surface area (Å²) in [6, 6.07) is 0.815. The van der Waals surface area contributed by atoms with Crippen molar-refractivity contribution in [3.8, 4) is 0 Å². The van der Waals surface area contributed by atoms with Crippen molar-refractivity contribution in [2.24, 2.45) is 11.0 Å². The van der Waals surface area contributed by atoms with Crippen LogP contribution in [0.1, 0.15) is 73.6 Å². The van der Waals surface area contributed by atoms with Crippen LogP contribution in [0.15, 0.2) is 29.5 Å². The van der Waals surface area contributed by atoms with E-state index in [4.69, 9.17) is 5.10 Å². The summed E-state index contributed by atoms with van der Waals surface area (Å²) in [6.45, 7) is 14.3. The van der Waals surface area contributed by atoms with Crippen LogP contribution in [-0.2, 0) is 0 Å². The highest BCUT2D eigenvalue weighted by Gasteiger charge is 2.21. The van der Waals surface area contributed by atoms with Crippen molar-refractivity contribution in [1.29, 1.82) is 0 Å². The van der Waals surface area contributed by atoms with Gasteiger partial charge in [-0.3, -0.25) is 4.90 Å². The van der Waals surface area contributed by atoms with Gasteiger partial charge in [0.1, 0.15) is 0 Å². The highest BCUT2D eigenvalue weighted by molar-refractivity contribution is 5.94. The van der Waals surface area contributed by atoms with Gasteiger partial charge in [-0.2, -0.15) is 5.10 Å². The van der Waals surface area contributed by atoms with Crippen LogP contribution in [0.3, 0.4) is 0 Å². The van der Waals surface area contributed by atoms with Crippen LogP contribution in [-0.4, -0.2) is 73.6 Å². The first-order valence-corrected chi connectivity index (χ1v) is 12.1. The Morgan fingerprint density at radius 1 is 0.935 bits per heavy atom. The van der Waals surface area contributed by atoms with Crippen molar-refractivity contribution in [3.63, 3.8) is 0 Å². The van der Waals surface area contributed by atoms with Gasteiger partial charge < -0.3 is 10.2 Å². The Hall–Kier alpha value is -1.37. The zero-order chi connectivity index (χ0) is 23.8. The Kier molecular flexibility index (Phi) is 16.5. The molecule has 0 bridgehead atoms. The number of allylic oxidation sites excluding steroid dienone is 3. The average Bonchev–Trinajstić information content (AvgIpc) is 2.69. The van der Waals surface area contributed by atoms with Gasteiger partial charge in [0.2, 0.25) is 0 Å². The van der Waals surface area contributed by atoms with E-state index in [1.807, 2.05) is 19.2 Å². The zero-order valence-corrected chi connectivity index (χ0v) is 22.2. The fourth-order valence-corrected chi connectivity index (χ4v) is 3.75. The third-order valence-corrected chi connectivity index (χ3v) is 5.54. The molecule has 3 unspecified atom stereocenters. The molecule has 2 N–H and O–H groups in total. The van der Waals surface area contributed by atoms with Crippen molar-refractivity contribution in [1.82, 2.24) is 25.7 Å². The van der Waals surface area contributed by atoms with Crippen LogP contribution in [0.4, 0.5) is 0 Å². The van der Waals surface area contributed by atoms with Crippen LogP contribution in [0, 0.1) is 5.92 Å². The lowest BCUT2D eigenvalue weighted by atomic mass is 10.00. The van der Waals surface area contributed by atoms with E-state index >= 15 is 0 Å². The lowest BCUT2D eigenvalue weighted by Crippen LogP contribution is -2.46. The number of nitrogens with one attached hydrogen (secondary N) is 2. The Bertz CT molecular complexity index is 526. The third-order valence-electron chi connectivity index (χ3n) is 5.54. The molecule has 0 fully saturated rings. The quantitative estimate of drug-likeness (QED) is 0.197. The summed E-state index contributed by atoms with van der Waals surface area (Å²) in [4.78, 5) is 4.75. The minimum atomic E-state index is 0.345. The average molecular weight is 437 g/mol. The van der Waals surface area contributed by atoms with Crippen molar-refractivity contribution in [2.45, 2.75) is 91.9 Å². The molecule has 0 saturated carbocycles. The molecule has 3 atom stereocenters. The van der Waals surface area contributed by atoms with Gasteiger partial charge in [0.15, 0.2) is 0 Å². The summed E-state index contributed by atoms with van der Waals surface area (Å²) in [6.07, 6.45) is 14.5. The molecular weight excluding hydrogens is 384 g/mol. The topological polar surface area (TPSA) is 46.1 Å². The molecule has 6 nitrogen and oxygen atoms in total. The smallest absolute Gasteiger partial charge is 0.0813 e. The summed E-state index contributed by atoms with van der Waals surface area (Å²) < 4.78 is 0. The third kappa shape index (κ3) is 13.6. The van der Waals surface area contributed by atoms with Gasteiger partial charge in [-0.05, 0) is 113 Å². The van der Waals surface area contributed by atoms with Gasteiger partial charge in [0.05, 0.1) is 11.9 Å². The summed E-state index contributed by atoms with van der Waals surface area (Å²) in [7, 11) is 8.36. The van der Waals surface area contributed by atoms with E-state index in [0.29, 0.717) is 24.2 Å². The molecule has 0 amide bonds. The van der Waals surface area contributed by atoms with E-state index < -0.39 is 0 Å². The normalized spacial score (nSPS) is 15.9. The van der Waals surface area contributed by atoms with E-state index in [1.54, 1.807) is 0 Å². The predicted octanol–water partition coefficient (Wildman–Crippen LogP) is 4.68. The van der Waals surface area contributed by atoms with Crippen molar-refractivity contribution in [3.05, 3.63) is 24.4 Å². The van der Waals surface area contributed by atoms with E-state index in [1.165, 1.54) is 6.42 Å². The molecule has 0 saturated heterocycles. The van der Waals surface area contributed by atoms with Gasteiger partial charge in [0, 0.05) is 19.1 Å². The standard InChI is InChI=1S/C25H52N6/c1-11-13-24(16-14-22(5)18-19-26-7)28-30(10)27-23(6)15-17-25(29(8)9)31(20-12-2)21(3)4/h11-13,20-23,25-27H,14-19H2,1-10H3/b13-11-,20-12-,28-24+. The van der Waals surface area contributed by atoms with Crippen molar-refractivity contribution in [2.75, 3.05) is 34.7 Å². The fraction of sp³-hybridized carbons (Fsp3) is 0.800. The summed E-state index contributed by atoms with van der Waals surface area (Å²) >= 11 is 0. The number of hydrazine groups is 1. The fourth-order valence-electron chi connectivity index (χ4n) is 3.75. The van der Waals surface area contributed by atoms with Crippen LogP contribution >= 0.6 is 0 Å². The van der Waals surface area contributed by atoms with Crippen molar-refractivity contribution >= 4 is 5.71 Å². The molecule has 0 aromatic carbocycles.